The summed E-state index contributed by atoms with van der Waals surface area (Å²) in [7, 11) is 0. The molecule has 1 aliphatic rings. The molecule has 0 spiro atoms. The first kappa shape index (κ1) is 14.5. The molecule has 0 aliphatic heterocycles. The quantitative estimate of drug-likeness (QED) is 0.878. The highest BCUT2D eigenvalue weighted by molar-refractivity contribution is 6.30. The number of hydrogen-bond donors (Lipinski definition) is 1. The maximum absolute atomic E-state index is 6.25. The SMILES string of the molecule is NC1CCCCCC1c1nc(Cc2ccc(Cl)cc2)no1. The van der Waals surface area contributed by atoms with Crippen LogP contribution in [0, 0.1) is 0 Å². The maximum atomic E-state index is 6.25. The lowest BCUT2D eigenvalue weighted by Crippen LogP contribution is -2.27. The molecule has 0 bridgehead atoms. The molecule has 0 saturated heterocycles. The maximum Gasteiger partial charge on any atom is 0.231 e. The van der Waals surface area contributed by atoms with Crippen molar-refractivity contribution in [1.29, 1.82) is 0 Å². The number of benzene rings is 1. The minimum atomic E-state index is 0.135. The number of nitrogens with two attached hydrogens (primary N) is 1. The molecule has 5 heteroatoms. The molecule has 0 radical (unpaired) electrons. The van der Waals surface area contributed by atoms with Gasteiger partial charge in [0.05, 0.1) is 5.92 Å². The van der Waals surface area contributed by atoms with Crippen molar-refractivity contribution in [2.24, 2.45) is 5.73 Å². The number of nitrogens with zero attached hydrogens (tertiary/aromatic N) is 2. The third kappa shape index (κ3) is 3.63. The predicted molar refractivity (Wildman–Crippen MR) is 82.4 cm³/mol. The van der Waals surface area contributed by atoms with Crippen LogP contribution in [0.3, 0.4) is 0 Å². The summed E-state index contributed by atoms with van der Waals surface area (Å²) in [5.74, 6) is 1.62. The van der Waals surface area contributed by atoms with E-state index in [9.17, 15) is 0 Å². The Labute approximate surface area is 129 Å². The van der Waals surface area contributed by atoms with Gasteiger partial charge in [0.15, 0.2) is 5.82 Å². The summed E-state index contributed by atoms with van der Waals surface area (Å²) >= 11 is 5.89. The molecule has 21 heavy (non-hydrogen) atoms. The molecule has 1 aromatic heterocycles. The van der Waals surface area contributed by atoms with Crippen molar-refractivity contribution in [3.05, 3.63) is 46.6 Å². The average Bonchev–Trinajstić information content (AvgIpc) is 2.82. The molecule has 2 N–H and O–H groups in total. The molecule has 2 atom stereocenters. The van der Waals surface area contributed by atoms with Gasteiger partial charge in [-0.25, -0.2) is 0 Å². The van der Waals surface area contributed by atoms with Gasteiger partial charge in [-0.15, -0.1) is 0 Å². The first-order valence-corrected chi connectivity index (χ1v) is 7.92. The molecule has 2 aromatic rings. The van der Waals surface area contributed by atoms with Crippen molar-refractivity contribution in [1.82, 2.24) is 10.1 Å². The van der Waals surface area contributed by atoms with Crippen molar-refractivity contribution < 1.29 is 4.52 Å². The molecule has 1 saturated carbocycles. The Balaban J connectivity index is 1.71. The van der Waals surface area contributed by atoms with E-state index < -0.39 is 0 Å². The summed E-state index contributed by atoms with van der Waals surface area (Å²) < 4.78 is 5.46. The van der Waals surface area contributed by atoms with Gasteiger partial charge in [0.2, 0.25) is 5.89 Å². The fourth-order valence-corrected chi connectivity index (χ4v) is 3.04. The van der Waals surface area contributed by atoms with Crippen LogP contribution in [0.4, 0.5) is 0 Å². The summed E-state index contributed by atoms with van der Waals surface area (Å²) in [6.07, 6.45) is 6.37. The van der Waals surface area contributed by atoms with E-state index in [0.29, 0.717) is 18.1 Å². The lowest BCUT2D eigenvalue weighted by Gasteiger charge is -2.16. The third-order valence-electron chi connectivity index (χ3n) is 4.15. The zero-order valence-electron chi connectivity index (χ0n) is 12.0. The molecule has 1 heterocycles. The molecule has 1 aliphatic carbocycles. The van der Waals surface area contributed by atoms with Crippen molar-refractivity contribution >= 4 is 11.6 Å². The zero-order valence-corrected chi connectivity index (χ0v) is 12.7. The highest BCUT2D eigenvalue weighted by Gasteiger charge is 2.27. The molecule has 112 valence electrons. The van der Waals surface area contributed by atoms with E-state index in [0.717, 1.165) is 23.4 Å². The minimum Gasteiger partial charge on any atom is -0.339 e. The highest BCUT2D eigenvalue weighted by Crippen LogP contribution is 2.30. The smallest absolute Gasteiger partial charge is 0.231 e. The van der Waals surface area contributed by atoms with Gasteiger partial charge in [-0.05, 0) is 30.5 Å². The van der Waals surface area contributed by atoms with Crippen molar-refractivity contribution in [2.45, 2.75) is 50.5 Å². The van der Waals surface area contributed by atoms with Gasteiger partial charge in [0.1, 0.15) is 0 Å². The molecular weight excluding hydrogens is 286 g/mol. The molecule has 3 rings (SSSR count). The summed E-state index contributed by atoms with van der Waals surface area (Å²) in [4.78, 5) is 4.55. The van der Waals surface area contributed by atoms with E-state index >= 15 is 0 Å². The zero-order chi connectivity index (χ0) is 14.7. The lowest BCUT2D eigenvalue weighted by atomic mass is 9.95. The van der Waals surface area contributed by atoms with E-state index in [-0.39, 0.29) is 12.0 Å². The second kappa shape index (κ2) is 6.58. The van der Waals surface area contributed by atoms with E-state index in [2.05, 4.69) is 10.1 Å². The first-order valence-electron chi connectivity index (χ1n) is 7.55. The second-order valence-electron chi connectivity index (χ2n) is 5.76. The Kier molecular flexibility index (Phi) is 4.56. The van der Waals surface area contributed by atoms with Gasteiger partial charge in [0.25, 0.3) is 0 Å². The molecule has 4 nitrogen and oxygen atoms in total. The minimum absolute atomic E-state index is 0.135. The Morgan fingerprint density at radius 2 is 1.90 bits per heavy atom. The standard InChI is InChI=1S/C16H20ClN3O/c17-12-8-6-11(7-9-12)10-15-19-16(21-20-15)13-4-2-1-3-5-14(13)18/h6-9,13-14H,1-5,10,18H2. The van der Waals surface area contributed by atoms with Crippen molar-refractivity contribution in [3.8, 4) is 0 Å². The van der Waals surface area contributed by atoms with E-state index in [4.69, 9.17) is 21.9 Å². The summed E-state index contributed by atoms with van der Waals surface area (Å²) in [6, 6.07) is 7.85. The van der Waals surface area contributed by atoms with Gasteiger partial charge >= 0.3 is 0 Å². The molecule has 1 fully saturated rings. The fourth-order valence-electron chi connectivity index (χ4n) is 2.92. The van der Waals surface area contributed by atoms with Crippen molar-refractivity contribution in [3.63, 3.8) is 0 Å². The Morgan fingerprint density at radius 1 is 1.14 bits per heavy atom. The number of rotatable bonds is 3. The van der Waals surface area contributed by atoms with Crippen LogP contribution in [-0.4, -0.2) is 16.2 Å². The van der Waals surface area contributed by atoms with Crippen molar-refractivity contribution in [2.75, 3.05) is 0 Å². The van der Waals surface area contributed by atoms with Crippen LogP contribution in [0.1, 0.15) is 55.3 Å². The Hall–Kier alpha value is -1.39. The van der Waals surface area contributed by atoms with Crippen LogP contribution in [0.5, 0.6) is 0 Å². The average molecular weight is 306 g/mol. The fraction of sp³-hybridized carbons (Fsp3) is 0.500. The van der Waals surface area contributed by atoms with Gasteiger partial charge in [-0.3, -0.25) is 0 Å². The van der Waals surface area contributed by atoms with Crippen LogP contribution in [0.15, 0.2) is 28.8 Å². The van der Waals surface area contributed by atoms with E-state index in [1.165, 1.54) is 19.3 Å². The monoisotopic (exact) mass is 305 g/mol. The van der Waals surface area contributed by atoms with E-state index in [1.807, 2.05) is 24.3 Å². The van der Waals surface area contributed by atoms with Gasteiger partial charge < -0.3 is 10.3 Å². The predicted octanol–water partition coefficient (Wildman–Crippen LogP) is 3.69. The van der Waals surface area contributed by atoms with Gasteiger partial charge in [-0.2, -0.15) is 4.98 Å². The molecular formula is C16H20ClN3O. The number of aromatic nitrogens is 2. The highest BCUT2D eigenvalue weighted by atomic mass is 35.5. The number of hydrogen-bond acceptors (Lipinski definition) is 4. The normalized spacial score (nSPS) is 23.0. The third-order valence-corrected chi connectivity index (χ3v) is 4.40. The van der Waals surface area contributed by atoms with Gasteiger partial charge in [0, 0.05) is 17.5 Å². The van der Waals surface area contributed by atoms with E-state index in [1.54, 1.807) is 0 Å². The van der Waals surface area contributed by atoms with Gasteiger partial charge in [-0.1, -0.05) is 48.2 Å². The lowest BCUT2D eigenvalue weighted by molar-refractivity contribution is 0.323. The summed E-state index contributed by atoms with van der Waals surface area (Å²) in [5, 5.41) is 4.83. The van der Waals surface area contributed by atoms with Crippen LogP contribution in [-0.2, 0) is 6.42 Å². The summed E-state index contributed by atoms with van der Waals surface area (Å²) in [6.45, 7) is 0. The Bertz CT molecular complexity index is 581. The molecule has 2 unspecified atom stereocenters. The molecule has 0 amide bonds. The van der Waals surface area contributed by atoms with Crippen LogP contribution >= 0.6 is 11.6 Å². The first-order chi connectivity index (χ1) is 10.2. The second-order valence-corrected chi connectivity index (χ2v) is 6.20. The molecule has 1 aromatic carbocycles. The van der Waals surface area contributed by atoms with Crippen LogP contribution in [0.2, 0.25) is 5.02 Å². The largest absolute Gasteiger partial charge is 0.339 e. The Morgan fingerprint density at radius 3 is 2.71 bits per heavy atom. The van der Waals surface area contributed by atoms with Crippen LogP contribution < -0.4 is 5.73 Å². The topological polar surface area (TPSA) is 64.9 Å². The van der Waals surface area contributed by atoms with Crippen LogP contribution in [0.25, 0.3) is 0 Å². The summed E-state index contributed by atoms with van der Waals surface area (Å²) in [5.41, 5.74) is 7.37. The number of halogens is 1.